The molecule has 2 aromatic carbocycles. The molecule has 3 aromatic rings. The number of furan rings is 1. The summed E-state index contributed by atoms with van der Waals surface area (Å²) in [5.41, 5.74) is 1.12. The van der Waals surface area contributed by atoms with Crippen LogP contribution >= 0.6 is 11.6 Å². The van der Waals surface area contributed by atoms with Gasteiger partial charge in [0.05, 0.1) is 17.6 Å². The number of benzene rings is 2. The number of ether oxygens (including phenoxy) is 2. The summed E-state index contributed by atoms with van der Waals surface area (Å²) in [6.07, 6.45) is 1.40. The molecular weight excluding hydrogens is 372 g/mol. The molecule has 0 saturated carbocycles. The maximum absolute atomic E-state index is 12.6. The van der Waals surface area contributed by atoms with Crippen LogP contribution in [0, 0.1) is 0 Å². The molecule has 0 fully saturated rings. The number of nitrogens with one attached hydrogen (secondary N) is 2. The highest BCUT2D eigenvalue weighted by molar-refractivity contribution is 6.31. The molecule has 0 radical (unpaired) electrons. The predicted molar refractivity (Wildman–Crippen MR) is 98.6 cm³/mol. The molecule has 27 heavy (non-hydrogen) atoms. The van der Waals surface area contributed by atoms with E-state index in [2.05, 4.69) is 10.6 Å². The number of fused-ring (bicyclic) bond motifs is 1. The molecule has 136 valence electrons. The molecule has 0 atom stereocenters. The summed E-state index contributed by atoms with van der Waals surface area (Å²) in [7, 11) is 0. The number of carbonyl (C=O) groups is 2. The highest BCUT2D eigenvalue weighted by atomic mass is 35.5. The van der Waals surface area contributed by atoms with Gasteiger partial charge in [0.25, 0.3) is 11.8 Å². The summed E-state index contributed by atoms with van der Waals surface area (Å²) >= 11 is 6.02. The van der Waals surface area contributed by atoms with Crippen LogP contribution in [0.1, 0.15) is 20.9 Å². The molecule has 2 N–H and O–H groups in total. The zero-order chi connectivity index (χ0) is 18.8. The van der Waals surface area contributed by atoms with Crippen LogP contribution in [-0.2, 0) is 0 Å². The normalized spacial score (nSPS) is 11.9. The number of halogens is 1. The van der Waals surface area contributed by atoms with Gasteiger partial charge in [0.1, 0.15) is 0 Å². The van der Waals surface area contributed by atoms with Gasteiger partial charge in [0, 0.05) is 10.6 Å². The Morgan fingerprint density at radius 1 is 0.889 bits per heavy atom. The fourth-order valence-corrected chi connectivity index (χ4v) is 2.72. The third kappa shape index (κ3) is 3.58. The van der Waals surface area contributed by atoms with Crippen LogP contribution in [-0.4, -0.2) is 18.6 Å². The van der Waals surface area contributed by atoms with Crippen molar-refractivity contribution in [3.8, 4) is 11.5 Å². The van der Waals surface area contributed by atoms with Crippen molar-refractivity contribution < 1.29 is 23.5 Å². The molecule has 1 aliphatic heterocycles. The topological polar surface area (TPSA) is 89.8 Å². The van der Waals surface area contributed by atoms with Gasteiger partial charge in [-0.1, -0.05) is 11.6 Å². The molecular formula is C19H13ClN2O5. The van der Waals surface area contributed by atoms with Crippen LogP contribution in [0.2, 0.25) is 5.02 Å². The zero-order valence-electron chi connectivity index (χ0n) is 13.8. The molecule has 8 heteroatoms. The quantitative estimate of drug-likeness (QED) is 0.704. The van der Waals surface area contributed by atoms with Gasteiger partial charge in [0.2, 0.25) is 6.79 Å². The van der Waals surface area contributed by atoms with Gasteiger partial charge in [-0.2, -0.15) is 0 Å². The van der Waals surface area contributed by atoms with E-state index < -0.39 is 5.91 Å². The van der Waals surface area contributed by atoms with Gasteiger partial charge in [-0.3, -0.25) is 9.59 Å². The smallest absolute Gasteiger partial charge is 0.291 e. The van der Waals surface area contributed by atoms with E-state index in [0.29, 0.717) is 33.5 Å². The molecule has 0 aliphatic carbocycles. The second-order valence-electron chi connectivity index (χ2n) is 5.64. The molecule has 1 aromatic heterocycles. The molecule has 1 aliphatic rings. The Morgan fingerprint density at radius 2 is 1.70 bits per heavy atom. The van der Waals surface area contributed by atoms with Crippen LogP contribution in [0.3, 0.4) is 0 Å². The summed E-state index contributed by atoms with van der Waals surface area (Å²) < 4.78 is 15.6. The third-order valence-electron chi connectivity index (χ3n) is 3.86. The molecule has 7 nitrogen and oxygen atoms in total. The summed E-state index contributed by atoms with van der Waals surface area (Å²) in [4.78, 5) is 24.8. The van der Waals surface area contributed by atoms with Crippen LogP contribution in [0.5, 0.6) is 11.5 Å². The van der Waals surface area contributed by atoms with Gasteiger partial charge in [-0.05, 0) is 48.5 Å². The van der Waals surface area contributed by atoms with Crippen molar-refractivity contribution in [2.75, 3.05) is 17.4 Å². The zero-order valence-corrected chi connectivity index (χ0v) is 14.6. The van der Waals surface area contributed by atoms with Crippen molar-refractivity contribution in [2.24, 2.45) is 0 Å². The van der Waals surface area contributed by atoms with Crippen molar-refractivity contribution in [1.82, 2.24) is 0 Å². The van der Waals surface area contributed by atoms with Crippen LogP contribution in [0.4, 0.5) is 11.4 Å². The SMILES string of the molecule is O=C(Nc1ccc(Cl)cc1NC(=O)c1ccco1)c1ccc2c(c1)OCO2. The van der Waals surface area contributed by atoms with Crippen LogP contribution in [0.25, 0.3) is 0 Å². The second-order valence-corrected chi connectivity index (χ2v) is 6.08. The van der Waals surface area contributed by atoms with Crippen molar-refractivity contribution in [2.45, 2.75) is 0 Å². The van der Waals surface area contributed by atoms with Crippen LogP contribution in [0.15, 0.2) is 59.2 Å². The Kier molecular flexibility index (Phi) is 4.43. The molecule has 0 bridgehead atoms. The van der Waals surface area contributed by atoms with E-state index >= 15 is 0 Å². The minimum absolute atomic E-state index is 0.126. The van der Waals surface area contributed by atoms with Crippen molar-refractivity contribution >= 4 is 34.8 Å². The lowest BCUT2D eigenvalue weighted by atomic mass is 10.1. The monoisotopic (exact) mass is 384 g/mol. The Hall–Kier alpha value is -3.45. The first-order chi connectivity index (χ1) is 13.1. The number of anilines is 2. The molecule has 2 heterocycles. The first-order valence-corrected chi connectivity index (χ1v) is 8.33. The standard InChI is InChI=1S/C19H13ClN2O5/c20-12-4-5-13(14(9-12)22-19(24)16-2-1-7-25-16)21-18(23)11-3-6-15-17(8-11)27-10-26-15/h1-9H,10H2,(H,21,23)(H,22,24). The number of hydrogen-bond acceptors (Lipinski definition) is 5. The summed E-state index contributed by atoms with van der Waals surface area (Å²) in [6, 6.07) is 12.8. The van der Waals surface area contributed by atoms with E-state index in [1.807, 2.05) is 0 Å². The van der Waals surface area contributed by atoms with Gasteiger partial charge in [-0.25, -0.2) is 0 Å². The maximum atomic E-state index is 12.6. The first kappa shape index (κ1) is 17.0. The van der Waals surface area contributed by atoms with Crippen molar-refractivity contribution in [1.29, 1.82) is 0 Å². The third-order valence-corrected chi connectivity index (χ3v) is 4.09. The minimum atomic E-state index is -0.458. The predicted octanol–water partition coefficient (Wildman–Crippen LogP) is 4.17. The van der Waals surface area contributed by atoms with E-state index in [9.17, 15) is 9.59 Å². The number of rotatable bonds is 4. The summed E-state index contributed by atoms with van der Waals surface area (Å²) in [5, 5.41) is 5.84. The van der Waals surface area contributed by atoms with E-state index in [1.54, 1.807) is 36.4 Å². The lowest BCUT2D eigenvalue weighted by molar-refractivity contribution is 0.0993. The molecule has 0 spiro atoms. The number of carbonyl (C=O) groups excluding carboxylic acids is 2. The second kappa shape index (κ2) is 7.05. The fourth-order valence-electron chi connectivity index (χ4n) is 2.55. The first-order valence-electron chi connectivity index (χ1n) is 7.95. The minimum Gasteiger partial charge on any atom is -0.459 e. The number of hydrogen-bond donors (Lipinski definition) is 2. The van der Waals surface area contributed by atoms with Gasteiger partial charge < -0.3 is 24.5 Å². The highest BCUT2D eigenvalue weighted by Gasteiger charge is 2.18. The van der Waals surface area contributed by atoms with Crippen molar-refractivity contribution in [3.63, 3.8) is 0 Å². The highest BCUT2D eigenvalue weighted by Crippen LogP contribution is 2.33. The Labute approximate surface area is 158 Å². The van der Waals surface area contributed by atoms with Crippen LogP contribution < -0.4 is 20.1 Å². The van der Waals surface area contributed by atoms with E-state index in [-0.39, 0.29) is 18.5 Å². The van der Waals surface area contributed by atoms with E-state index in [0.717, 1.165) is 0 Å². The molecule has 4 rings (SSSR count). The van der Waals surface area contributed by atoms with E-state index in [1.165, 1.54) is 18.4 Å². The van der Waals surface area contributed by atoms with Gasteiger partial charge in [-0.15, -0.1) is 0 Å². The average Bonchev–Trinajstić information content (AvgIpc) is 3.34. The Bertz CT molecular complexity index is 1020. The summed E-state index contributed by atoms with van der Waals surface area (Å²) in [6.45, 7) is 0.126. The molecule has 0 unspecified atom stereocenters. The largest absolute Gasteiger partial charge is 0.459 e. The van der Waals surface area contributed by atoms with Crippen molar-refractivity contribution in [3.05, 3.63) is 71.1 Å². The number of amides is 2. The average molecular weight is 385 g/mol. The lowest BCUT2D eigenvalue weighted by Gasteiger charge is -2.12. The summed E-state index contributed by atoms with van der Waals surface area (Å²) in [5.74, 6) is 0.405. The molecule has 2 amide bonds. The van der Waals surface area contributed by atoms with Gasteiger partial charge in [0.15, 0.2) is 17.3 Å². The Balaban J connectivity index is 1.56. The molecule has 0 saturated heterocycles. The fraction of sp³-hybridized carbons (Fsp3) is 0.0526. The maximum Gasteiger partial charge on any atom is 0.291 e. The Morgan fingerprint density at radius 3 is 2.52 bits per heavy atom. The van der Waals surface area contributed by atoms with Gasteiger partial charge >= 0.3 is 0 Å². The lowest BCUT2D eigenvalue weighted by Crippen LogP contribution is -2.16. The van der Waals surface area contributed by atoms with E-state index in [4.69, 9.17) is 25.5 Å².